The maximum Gasteiger partial charge on any atom is 0.410 e. The lowest BCUT2D eigenvalue weighted by atomic mass is 9.80. The van der Waals surface area contributed by atoms with Crippen molar-refractivity contribution in [2.45, 2.75) is 76.7 Å². The summed E-state index contributed by atoms with van der Waals surface area (Å²) in [5.74, 6) is 1.92. The number of para-hydroxylation sites is 1. The number of rotatable bonds is 4. The van der Waals surface area contributed by atoms with Crippen LogP contribution in [-0.4, -0.2) is 63.8 Å². The average molecular weight is 542 g/mol. The van der Waals surface area contributed by atoms with E-state index in [2.05, 4.69) is 22.4 Å². The third-order valence-electron chi connectivity index (χ3n) is 7.51. The van der Waals surface area contributed by atoms with Crippen LogP contribution in [-0.2, 0) is 10.2 Å². The van der Waals surface area contributed by atoms with Gasteiger partial charge in [0.15, 0.2) is 5.82 Å². The molecule has 2 aromatic rings. The Morgan fingerprint density at radius 3 is 2.53 bits per heavy atom. The Kier molecular flexibility index (Phi) is 7.15. The standard InChI is InChI=1S/C28H36ClN5O4/c1-27(2,3)37-26(36)34-14-10-18(11-15-34)20-6-5-7-21(29)22(20)30-25(35)33-16-12-28(4,13-17-33)24-31-23(38-32-24)19-8-9-19/h5-7,10,19H,8-9,11-17H2,1-4H3,(H,30,35). The van der Waals surface area contributed by atoms with E-state index in [4.69, 9.17) is 20.9 Å². The summed E-state index contributed by atoms with van der Waals surface area (Å²) in [7, 11) is 0. The molecule has 0 radical (unpaired) electrons. The molecule has 3 amide bonds. The van der Waals surface area contributed by atoms with Crippen molar-refractivity contribution in [1.29, 1.82) is 0 Å². The van der Waals surface area contributed by atoms with Crippen LogP contribution in [0.2, 0.25) is 5.02 Å². The molecule has 1 aliphatic carbocycles. The Morgan fingerprint density at radius 2 is 1.89 bits per heavy atom. The summed E-state index contributed by atoms with van der Waals surface area (Å²) in [5.41, 5.74) is 1.75. The lowest BCUT2D eigenvalue weighted by Crippen LogP contribution is -2.46. The molecule has 1 aromatic carbocycles. The van der Waals surface area contributed by atoms with Crippen molar-refractivity contribution in [3.8, 4) is 0 Å². The molecular formula is C28H36ClN5O4. The minimum Gasteiger partial charge on any atom is -0.444 e. The molecule has 0 unspecified atom stereocenters. The van der Waals surface area contributed by atoms with E-state index in [1.54, 1.807) is 11.0 Å². The van der Waals surface area contributed by atoms with Gasteiger partial charge in [-0.15, -0.1) is 0 Å². The normalized spacial score (nSPS) is 19.7. The van der Waals surface area contributed by atoms with Crippen molar-refractivity contribution in [2.75, 3.05) is 31.5 Å². The average Bonchev–Trinajstić information content (AvgIpc) is 3.60. The third kappa shape index (κ3) is 5.82. The van der Waals surface area contributed by atoms with Crippen LogP contribution in [0.5, 0.6) is 0 Å². The van der Waals surface area contributed by atoms with Gasteiger partial charge in [-0.25, -0.2) is 9.59 Å². The molecule has 9 nitrogen and oxygen atoms in total. The molecule has 2 aliphatic heterocycles. The lowest BCUT2D eigenvalue weighted by molar-refractivity contribution is 0.0270. The predicted octanol–water partition coefficient (Wildman–Crippen LogP) is 6.21. The summed E-state index contributed by atoms with van der Waals surface area (Å²) in [5, 5.41) is 7.80. The molecule has 2 fully saturated rings. The predicted molar refractivity (Wildman–Crippen MR) is 145 cm³/mol. The zero-order valence-corrected chi connectivity index (χ0v) is 23.3. The van der Waals surface area contributed by atoms with Crippen LogP contribution in [0.4, 0.5) is 15.3 Å². The molecule has 3 aliphatic rings. The summed E-state index contributed by atoms with van der Waals surface area (Å²) in [4.78, 5) is 33.9. The van der Waals surface area contributed by atoms with Crippen molar-refractivity contribution in [3.05, 3.63) is 46.6 Å². The number of hydrogen-bond acceptors (Lipinski definition) is 6. The van der Waals surface area contributed by atoms with E-state index < -0.39 is 5.60 Å². The van der Waals surface area contributed by atoms with Gasteiger partial charge in [-0.3, -0.25) is 0 Å². The zero-order chi connectivity index (χ0) is 27.1. The number of likely N-dealkylation sites (tertiary alicyclic amines) is 1. The molecule has 0 atom stereocenters. The van der Waals surface area contributed by atoms with Gasteiger partial charge in [-0.2, -0.15) is 4.98 Å². The molecule has 0 bridgehead atoms. The van der Waals surface area contributed by atoms with Crippen molar-refractivity contribution in [1.82, 2.24) is 19.9 Å². The molecule has 38 heavy (non-hydrogen) atoms. The van der Waals surface area contributed by atoms with Crippen LogP contribution in [0.3, 0.4) is 0 Å². The van der Waals surface area contributed by atoms with Crippen LogP contribution in [0.15, 0.2) is 28.8 Å². The fourth-order valence-electron chi connectivity index (χ4n) is 4.91. The number of halogens is 1. The fraction of sp³-hybridized carbons (Fsp3) is 0.571. The minimum atomic E-state index is -0.539. The van der Waals surface area contributed by atoms with Gasteiger partial charge in [0.1, 0.15) is 5.60 Å². The SMILES string of the molecule is CC(C)(C)OC(=O)N1CC=C(c2cccc(Cl)c2NC(=O)N2CCC(C)(c3noc(C4CC4)n3)CC2)CC1. The highest BCUT2D eigenvalue weighted by Gasteiger charge is 2.39. The summed E-state index contributed by atoms with van der Waals surface area (Å²) < 4.78 is 11.0. The largest absolute Gasteiger partial charge is 0.444 e. The van der Waals surface area contributed by atoms with E-state index in [9.17, 15) is 9.59 Å². The smallest absolute Gasteiger partial charge is 0.410 e. The number of carbonyl (C=O) groups is 2. The summed E-state index contributed by atoms with van der Waals surface area (Å²) in [6.07, 6.45) is 6.06. The first-order valence-electron chi connectivity index (χ1n) is 13.4. The van der Waals surface area contributed by atoms with Crippen LogP contribution in [0, 0.1) is 0 Å². The van der Waals surface area contributed by atoms with E-state index in [1.165, 1.54) is 0 Å². The van der Waals surface area contributed by atoms with Crippen LogP contribution >= 0.6 is 11.6 Å². The van der Waals surface area contributed by atoms with Crippen molar-refractivity contribution in [2.24, 2.45) is 0 Å². The molecule has 204 valence electrons. The second kappa shape index (κ2) is 10.2. The van der Waals surface area contributed by atoms with Crippen LogP contribution < -0.4 is 5.32 Å². The highest BCUT2D eigenvalue weighted by molar-refractivity contribution is 6.34. The number of amides is 3. The van der Waals surface area contributed by atoms with Crippen molar-refractivity contribution in [3.63, 3.8) is 0 Å². The van der Waals surface area contributed by atoms with E-state index in [1.807, 2.05) is 43.9 Å². The summed E-state index contributed by atoms with van der Waals surface area (Å²) in [6, 6.07) is 5.43. The molecule has 3 heterocycles. The van der Waals surface area contributed by atoms with Crippen LogP contribution in [0.1, 0.15) is 83.0 Å². The van der Waals surface area contributed by atoms with Gasteiger partial charge in [0, 0.05) is 43.1 Å². The number of anilines is 1. The van der Waals surface area contributed by atoms with E-state index in [0.717, 1.165) is 48.5 Å². The van der Waals surface area contributed by atoms with E-state index >= 15 is 0 Å². The second-order valence-corrected chi connectivity index (χ2v) is 12.2. The number of piperidine rings is 1. The van der Waals surface area contributed by atoms with Gasteiger partial charge in [0.05, 0.1) is 10.7 Å². The molecule has 1 N–H and O–H groups in total. The number of nitrogens with zero attached hydrogens (tertiary/aromatic N) is 4. The fourth-order valence-corrected chi connectivity index (χ4v) is 5.14. The Hall–Kier alpha value is -3.07. The maximum absolute atomic E-state index is 13.3. The Morgan fingerprint density at radius 1 is 1.16 bits per heavy atom. The Labute approximate surface area is 228 Å². The minimum absolute atomic E-state index is 0.181. The monoisotopic (exact) mass is 541 g/mol. The first-order valence-corrected chi connectivity index (χ1v) is 13.8. The first kappa shape index (κ1) is 26.5. The number of hydrogen-bond donors (Lipinski definition) is 1. The summed E-state index contributed by atoms with van der Waals surface area (Å²) in [6.45, 7) is 9.86. The Bertz CT molecular complexity index is 1240. The first-order chi connectivity index (χ1) is 18.0. The molecule has 5 rings (SSSR count). The molecule has 1 aromatic heterocycles. The van der Waals surface area contributed by atoms with Gasteiger partial charge < -0.3 is 24.4 Å². The van der Waals surface area contributed by atoms with Crippen LogP contribution in [0.25, 0.3) is 5.57 Å². The van der Waals surface area contributed by atoms with Crippen molar-refractivity contribution >= 4 is 35.0 Å². The molecule has 10 heteroatoms. The Balaban J connectivity index is 1.23. The lowest BCUT2D eigenvalue weighted by Gasteiger charge is -2.37. The van der Waals surface area contributed by atoms with Gasteiger partial charge >= 0.3 is 12.1 Å². The number of nitrogens with one attached hydrogen (secondary N) is 1. The third-order valence-corrected chi connectivity index (χ3v) is 7.83. The molecule has 1 saturated heterocycles. The van der Waals surface area contributed by atoms with E-state index in [-0.39, 0.29) is 17.5 Å². The van der Waals surface area contributed by atoms with E-state index in [0.29, 0.717) is 49.2 Å². The number of benzene rings is 1. The van der Waals surface area contributed by atoms with Gasteiger partial charge in [-0.1, -0.05) is 41.9 Å². The topological polar surface area (TPSA) is 101 Å². The van der Waals surface area contributed by atoms with Crippen molar-refractivity contribution < 1.29 is 18.8 Å². The zero-order valence-electron chi connectivity index (χ0n) is 22.6. The number of carbonyl (C=O) groups excluding carboxylic acids is 2. The molecular weight excluding hydrogens is 506 g/mol. The second-order valence-electron chi connectivity index (χ2n) is 11.8. The number of ether oxygens (including phenoxy) is 1. The van der Waals surface area contributed by atoms with Gasteiger partial charge in [0.25, 0.3) is 0 Å². The number of urea groups is 1. The number of aromatic nitrogens is 2. The summed E-state index contributed by atoms with van der Waals surface area (Å²) >= 11 is 6.57. The van der Waals surface area contributed by atoms with Gasteiger partial charge in [-0.05, 0) is 64.5 Å². The molecule has 1 saturated carbocycles. The highest BCUT2D eigenvalue weighted by atomic mass is 35.5. The maximum atomic E-state index is 13.3. The van der Waals surface area contributed by atoms with Gasteiger partial charge in [0.2, 0.25) is 5.89 Å². The highest BCUT2D eigenvalue weighted by Crippen LogP contribution is 2.41. The molecule has 0 spiro atoms. The quantitative estimate of drug-likeness (QED) is 0.494.